The van der Waals surface area contributed by atoms with Gasteiger partial charge in [-0.2, -0.15) is 0 Å². The van der Waals surface area contributed by atoms with E-state index in [9.17, 15) is 0 Å². The predicted octanol–water partition coefficient (Wildman–Crippen LogP) is 0.946. The van der Waals surface area contributed by atoms with E-state index in [0.29, 0.717) is 52.9 Å². The van der Waals surface area contributed by atoms with Crippen LogP contribution < -0.4 is 0 Å². The quantitative estimate of drug-likeness (QED) is 0.656. The topological polar surface area (TPSA) is 46.2 Å². The minimum atomic E-state index is -0.0463. The molecule has 0 saturated carbocycles. The first kappa shape index (κ1) is 14.7. The molecule has 1 fully saturated rings. The summed E-state index contributed by atoms with van der Waals surface area (Å²) in [4.78, 5) is 0. The Morgan fingerprint density at radius 3 is 1.32 bits per heavy atom. The van der Waals surface area contributed by atoms with Gasteiger partial charge in [-0.15, -0.1) is 0 Å². The van der Waals surface area contributed by atoms with Crippen LogP contribution in [0.5, 0.6) is 0 Å². The summed E-state index contributed by atoms with van der Waals surface area (Å²) in [5.41, 5.74) is 0. The maximum absolute atomic E-state index is 5.75. The molecule has 0 spiro atoms. The maximum Gasteiger partial charge on any atom is 0.106 e. The van der Waals surface area contributed by atoms with Crippen LogP contribution in [0, 0.1) is 0 Å². The van der Waals surface area contributed by atoms with Crippen molar-refractivity contribution in [1.82, 2.24) is 0 Å². The van der Waals surface area contributed by atoms with Crippen LogP contribution in [0.3, 0.4) is 0 Å². The fraction of sp³-hybridized carbons (Fsp3) is 0.714. The average Bonchev–Trinajstić information content (AvgIpc) is 2.45. The predicted molar refractivity (Wildman–Crippen MR) is 70.2 cm³/mol. The summed E-state index contributed by atoms with van der Waals surface area (Å²) < 4.78 is 27.7. The lowest BCUT2D eigenvalue weighted by Gasteiger charge is -2.24. The molecular weight excluding hydrogens is 248 g/mol. The number of rotatable bonds is 0. The fourth-order valence-corrected chi connectivity index (χ4v) is 1.90. The van der Waals surface area contributed by atoms with E-state index in [1.165, 1.54) is 0 Å². The summed E-state index contributed by atoms with van der Waals surface area (Å²) in [5.74, 6) is 0. The van der Waals surface area contributed by atoms with Crippen molar-refractivity contribution in [3.05, 3.63) is 24.3 Å². The van der Waals surface area contributed by atoms with Crippen LogP contribution in [0.2, 0.25) is 0 Å². The van der Waals surface area contributed by atoms with E-state index in [-0.39, 0.29) is 12.2 Å². The van der Waals surface area contributed by atoms with Crippen LogP contribution in [-0.2, 0) is 23.7 Å². The highest BCUT2D eigenvalue weighted by Gasteiger charge is 2.19. The molecule has 0 bridgehead atoms. The van der Waals surface area contributed by atoms with E-state index >= 15 is 0 Å². The van der Waals surface area contributed by atoms with Gasteiger partial charge in [-0.05, 0) is 0 Å². The molecule has 2 unspecified atom stereocenters. The molecule has 5 nitrogen and oxygen atoms in total. The van der Waals surface area contributed by atoms with Crippen LogP contribution in [0.4, 0.5) is 0 Å². The van der Waals surface area contributed by atoms with Crippen LogP contribution >= 0.6 is 0 Å². The zero-order valence-electron chi connectivity index (χ0n) is 11.2. The molecule has 0 aromatic rings. The van der Waals surface area contributed by atoms with Gasteiger partial charge in [0.2, 0.25) is 0 Å². The Bertz CT molecular complexity index is 262. The van der Waals surface area contributed by atoms with Gasteiger partial charge in [0.05, 0.1) is 52.9 Å². The molecule has 5 heteroatoms. The van der Waals surface area contributed by atoms with Crippen LogP contribution in [0.25, 0.3) is 0 Å². The molecule has 0 amide bonds. The standard InChI is InChI=1S/C14H22O5/c1-2-4-14-13(3-1)18-11-9-16-7-5-15-6-8-17-10-12-19-14/h1-4,13-14H,5-12H2. The third kappa shape index (κ3) is 5.84. The molecule has 2 aliphatic rings. The van der Waals surface area contributed by atoms with E-state index in [1.807, 2.05) is 24.3 Å². The summed E-state index contributed by atoms with van der Waals surface area (Å²) in [6.07, 6.45) is 7.87. The highest BCUT2D eigenvalue weighted by molar-refractivity contribution is 5.16. The Morgan fingerprint density at radius 2 is 0.895 bits per heavy atom. The van der Waals surface area contributed by atoms with Gasteiger partial charge in [0.1, 0.15) is 12.2 Å². The van der Waals surface area contributed by atoms with Crippen molar-refractivity contribution in [3.63, 3.8) is 0 Å². The molecular formula is C14H22O5. The zero-order valence-corrected chi connectivity index (χ0v) is 11.2. The van der Waals surface area contributed by atoms with Gasteiger partial charge in [0.15, 0.2) is 0 Å². The SMILES string of the molecule is C1=CC2OCCOCCOCCOCCOC2C=C1. The van der Waals surface area contributed by atoms with Crippen molar-refractivity contribution in [2.24, 2.45) is 0 Å². The van der Waals surface area contributed by atoms with E-state index in [2.05, 4.69) is 0 Å². The molecule has 2 rings (SSSR count). The first-order valence-electron chi connectivity index (χ1n) is 6.78. The molecule has 0 radical (unpaired) electrons. The molecule has 0 aromatic heterocycles. The van der Waals surface area contributed by atoms with Crippen molar-refractivity contribution < 1.29 is 23.7 Å². The Labute approximate surface area is 114 Å². The number of hydrogen-bond donors (Lipinski definition) is 0. The minimum Gasteiger partial charge on any atom is -0.377 e. The summed E-state index contributed by atoms with van der Waals surface area (Å²) in [6.45, 7) is 4.61. The van der Waals surface area contributed by atoms with Gasteiger partial charge in [0, 0.05) is 0 Å². The lowest BCUT2D eigenvalue weighted by Crippen LogP contribution is -2.32. The van der Waals surface area contributed by atoms with Gasteiger partial charge in [-0.3, -0.25) is 0 Å². The minimum absolute atomic E-state index is 0.0463. The molecule has 1 aliphatic heterocycles. The second-order valence-electron chi connectivity index (χ2n) is 4.28. The van der Waals surface area contributed by atoms with E-state index in [0.717, 1.165) is 0 Å². The van der Waals surface area contributed by atoms with Gasteiger partial charge < -0.3 is 23.7 Å². The number of fused-ring (bicyclic) bond motifs is 1. The van der Waals surface area contributed by atoms with Crippen molar-refractivity contribution in [2.75, 3.05) is 52.9 Å². The molecule has 1 saturated heterocycles. The van der Waals surface area contributed by atoms with Crippen molar-refractivity contribution >= 4 is 0 Å². The van der Waals surface area contributed by atoms with Crippen molar-refractivity contribution in [1.29, 1.82) is 0 Å². The van der Waals surface area contributed by atoms with Crippen LogP contribution in [0.1, 0.15) is 0 Å². The highest BCUT2D eigenvalue weighted by Crippen LogP contribution is 2.12. The fourth-order valence-electron chi connectivity index (χ4n) is 1.90. The summed E-state index contributed by atoms with van der Waals surface area (Å²) in [5, 5.41) is 0. The Morgan fingerprint density at radius 1 is 0.526 bits per heavy atom. The third-order valence-electron chi connectivity index (χ3n) is 2.86. The van der Waals surface area contributed by atoms with E-state index < -0.39 is 0 Å². The first-order valence-corrected chi connectivity index (χ1v) is 6.78. The number of allylic oxidation sites excluding steroid dienone is 2. The first-order chi connectivity index (χ1) is 9.47. The summed E-state index contributed by atoms with van der Waals surface area (Å²) in [6, 6.07) is 0. The largest absolute Gasteiger partial charge is 0.377 e. The lowest BCUT2D eigenvalue weighted by molar-refractivity contribution is -0.0562. The summed E-state index contributed by atoms with van der Waals surface area (Å²) in [7, 11) is 0. The molecule has 0 N–H and O–H groups in total. The van der Waals surface area contributed by atoms with Crippen LogP contribution in [-0.4, -0.2) is 65.1 Å². The van der Waals surface area contributed by atoms with Gasteiger partial charge in [-0.1, -0.05) is 24.3 Å². The lowest BCUT2D eigenvalue weighted by atomic mass is 10.1. The average molecular weight is 270 g/mol. The Balaban J connectivity index is 1.78. The highest BCUT2D eigenvalue weighted by atomic mass is 16.6. The second kappa shape index (κ2) is 9.23. The number of hydrogen-bond acceptors (Lipinski definition) is 5. The zero-order chi connectivity index (χ0) is 13.2. The van der Waals surface area contributed by atoms with Crippen molar-refractivity contribution in [2.45, 2.75) is 12.2 Å². The maximum atomic E-state index is 5.75. The smallest absolute Gasteiger partial charge is 0.106 e. The normalized spacial score (nSPS) is 31.2. The van der Waals surface area contributed by atoms with Gasteiger partial charge >= 0.3 is 0 Å². The molecule has 1 aliphatic carbocycles. The molecule has 2 atom stereocenters. The third-order valence-corrected chi connectivity index (χ3v) is 2.86. The molecule has 1 heterocycles. The molecule has 108 valence electrons. The second-order valence-corrected chi connectivity index (χ2v) is 4.28. The Kier molecular flexibility index (Phi) is 7.13. The van der Waals surface area contributed by atoms with Gasteiger partial charge in [0.25, 0.3) is 0 Å². The monoisotopic (exact) mass is 270 g/mol. The Hall–Kier alpha value is -0.720. The van der Waals surface area contributed by atoms with E-state index in [1.54, 1.807) is 0 Å². The van der Waals surface area contributed by atoms with Crippen LogP contribution in [0.15, 0.2) is 24.3 Å². The van der Waals surface area contributed by atoms with Crippen molar-refractivity contribution in [3.8, 4) is 0 Å². The van der Waals surface area contributed by atoms with Gasteiger partial charge in [-0.25, -0.2) is 0 Å². The molecule has 0 aromatic carbocycles. The number of ether oxygens (including phenoxy) is 5. The summed E-state index contributed by atoms with van der Waals surface area (Å²) >= 11 is 0. The molecule has 19 heavy (non-hydrogen) atoms. The van der Waals surface area contributed by atoms with E-state index in [4.69, 9.17) is 23.7 Å².